The molecule has 0 spiro atoms. The number of hydrogen-bond acceptors (Lipinski definition) is 4. The lowest BCUT2D eigenvalue weighted by molar-refractivity contribution is -0.137. The molecule has 1 heterocycles. The van der Waals surface area contributed by atoms with Crippen molar-refractivity contribution in [3.63, 3.8) is 0 Å². The predicted octanol–water partition coefficient (Wildman–Crippen LogP) is 3.66. The molecule has 2 N–H and O–H groups in total. The van der Waals surface area contributed by atoms with E-state index in [0.29, 0.717) is 5.56 Å². The lowest BCUT2D eigenvalue weighted by atomic mass is 10.0. The van der Waals surface area contributed by atoms with Gasteiger partial charge in [0.05, 0.1) is 16.6 Å². The SMILES string of the molecule is CC(C)c1ccc(S(=O)(=O)N2CC[C@@H](O)C[C@@H]2C(=O)NCc2ccc(C(F)(F)F)cc2)cc1. The number of benzene rings is 2. The summed E-state index contributed by atoms with van der Waals surface area (Å²) in [5.74, 6) is -0.383. The maximum absolute atomic E-state index is 13.3. The summed E-state index contributed by atoms with van der Waals surface area (Å²) in [6, 6.07) is 9.70. The van der Waals surface area contributed by atoms with Crippen LogP contribution in [0.5, 0.6) is 0 Å². The highest BCUT2D eigenvalue weighted by Gasteiger charge is 2.40. The number of carbonyl (C=O) groups is 1. The molecular weight excluding hydrogens is 457 g/mol. The molecule has 3 rings (SSSR count). The maximum atomic E-state index is 13.3. The van der Waals surface area contributed by atoms with Crippen LogP contribution in [0.1, 0.15) is 49.3 Å². The van der Waals surface area contributed by atoms with Gasteiger partial charge in [-0.15, -0.1) is 0 Å². The molecule has 1 aliphatic rings. The minimum Gasteiger partial charge on any atom is -0.393 e. The molecule has 2 aromatic carbocycles. The molecule has 33 heavy (non-hydrogen) atoms. The summed E-state index contributed by atoms with van der Waals surface area (Å²) < 4.78 is 65.7. The fourth-order valence-electron chi connectivity index (χ4n) is 3.73. The van der Waals surface area contributed by atoms with E-state index in [9.17, 15) is 31.5 Å². The number of nitrogens with one attached hydrogen (secondary N) is 1. The van der Waals surface area contributed by atoms with Crippen molar-refractivity contribution in [3.05, 3.63) is 65.2 Å². The summed E-state index contributed by atoms with van der Waals surface area (Å²) in [4.78, 5) is 12.9. The van der Waals surface area contributed by atoms with Gasteiger partial charge >= 0.3 is 6.18 Å². The average Bonchev–Trinajstić information content (AvgIpc) is 2.77. The maximum Gasteiger partial charge on any atom is 0.416 e. The first-order valence-corrected chi connectivity index (χ1v) is 12.1. The van der Waals surface area contributed by atoms with Gasteiger partial charge in [0.25, 0.3) is 0 Å². The number of nitrogens with zero attached hydrogens (tertiary/aromatic N) is 1. The van der Waals surface area contributed by atoms with Crippen LogP contribution in [0.3, 0.4) is 0 Å². The first-order chi connectivity index (χ1) is 15.4. The Kier molecular flexibility index (Phi) is 7.50. The third-order valence-corrected chi connectivity index (χ3v) is 7.65. The van der Waals surface area contributed by atoms with Crippen LogP contribution in [0.4, 0.5) is 13.2 Å². The summed E-state index contributed by atoms with van der Waals surface area (Å²) in [7, 11) is -3.99. The molecule has 1 saturated heterocycles. The van der Waals surface area contributed by atoms with Crippen LogP contribution < -0.4 is 5.32 Å². The van der Waals surface area contributed by atoms with Crippen molar-refractivity contribution in [1.29, 1.82) is 0 Å². The predicted molar refractivity (Wildman–Crippen MR) is 117 cm³/mol. The molecule has 0 radical (unpaired) electrons. The summed E-state index contributed by atoms with van der Waals surface area (Å²) in [5.41, 5.74) is 0.619. The Bertz CT molecular complexity index is 1070. The molecule has 6 nitrogen and oxygen atoms in total. The van der Waals surface area contributed by atoms with Crippen molar-refractivity contribution >= 4 is 15.9 Å². The molecule has 0 saturated carbocycles. The van der Waals surface area contributed by atoms with E-state index in [0.717, 1.165) is 22.0 Å². The van der Waals surface area contributed by atoms with Crippen molar-refractivity contribution in [2.75, 3.05) is 6.54 Å². The second kappa shape index (κ2) is 9.82. The van der Waals surface area contributed by atoms with E-state index < -0.39 is 39.8 Å². The van der Waals surface area contributed by atoms with E-state index >= 15 is 0 Å². The Morgan fingerprint density at radius 3 is 2.27 bits per heavy atom. The van der Waals surface area contributed by atoms with Gasteiger partial charge in [0.1, 0.15) is 6.04 Å². The molecule has 2 atom stereocenters. The molecule has 0 aliphatic carbocycles. The molecule has 1 aliphatic heterocycles. The van der Waals surface area contributed by atoms with Gasteiger partial charge in [-0.05, 0) is 54.2 Å². The van der Waals surface area contributed by atoms with Gasteiger partial charge in [-0.3, -0.25) is 4.79 Å². The van der Waals surface area contributed by atoms with E-state index in [4.69, 9.17) is 0 Å². The van der Waals surface area contributed by atoms with Crippen LogP contribution in [-0.4, -0.2) is 42.4 Å². The van der Waals surface area contributed by atoms with Crippen molar-refractivity contribution in [2.24, 2.45) is 0 Å². The Hall–Kier alpha value is -2.43. The smallest absolute Gasteiger partial charge is 0.393 e. The minimum atomic E-state index is -4.46. The summed E-state index contributed by atoms with van der Waals surface area (Å²) in [6.07, 6.45) is -5.15. The topological polar surface area (TPSA) is 86.7 Å². The number of rotatable bonds is 6. The molecule has 180 valence electrons. The Labute approximate surface area is 191 Å². The van der Waals surface area contributed by atoms with Gasteiger partial charge in [-0.2, -0.15) is 17.5 Å². The lowest BCUT2D eigenvalue weighted by Crippen LogP contribution is -2.54. The van der Waals surface area contributed by atoms with Crippen LogP contribution in [-0.2, 0) is 27.5 Å². The Morgan fingerprint density at radius 1 is 1.12 bits per heavy atom. The number of halogens is 3. The summed E-state index contributed by atoms with van der Waals surface area (Å²) in [5, 5.41) is 12.7. The highest BCUT2D eigenvalue weighted by Crippen LogP contribution is 2.29. The van der Waals surface area contributed by atoms with Crippen LogP contribution in [0, 0.1) is 0 Å². The molecule has 1 amide bonds. The lowest BCUT2D eigenvalue weighted by Gasteiger charge is -2.35. The molecule has 10 heteroatoms. The minimum absolute atomic E-state index is 0.0200. The number of aliphatic hydroxyl groups is 1. The van der Waals surface area contributed by atoms with Crippen LogP contribution in [0.2, 0.25) is 0 Å². The van der Waals surface area contributed by atoms with E-state index in [1.165, 1.54) is 24.3 Å². The third-order valence-electron chi connectivity index (χ3n) is 5.73. The fourth-order valence-corrected chi connectivity index (χ4v) is 5.34. The number of carbonyl (C=O) groups excluding carboxylic acids is 1. The third kappa shape index (κ3) is 5.93. The molecule has 1 fully saturated rings. The van der Waals surface area contributed by atoms with Crippen molar-refractivity contribution in [1.82, 2.24) is 9.62 Å². The second-order valence-corrected chi connectivity index (χ2v) is 10.3. The summed E-state index contributed by atoms with van der Waals surface area (Å²) >= 11 is 0. The average molecular weight is 485 g/mol. The first-order valence-electron chi connectivity index (χ1n) is 10.6. The van der Waals surface area contributed by atoms with E-state index in [1.807, 2.05) is 13.8 Å². The highest BCUT2D eigenvalue weighted by molar-refractivity contribution is 7.89. The number of aliphatic hydroxyl groups excluding tert-OH is 1. The molecule has 0 aromatic heterocycles. The van der Waals surface area contributed by atoms with Crippen LogP contribution >= 0.6 is 0 Å². The Balaban J connectivity index is 1.75. The first kappa shape index (κ1) is 25.2. The fraction of sp³-hybridized carbons (Fsp3) is 0.435. The van der Waals surface area contributed by atoms with Crippen molar-refractivity contribution in [2.45, 2.75) is 62.4 Å². The van der Waals surface area contributed by atoms with Crippen molar-refractivity contribution < 1.29 is 31.5 Å². The largest absolute Gasteiger partial charge is 0.416 e. The zero-order chi connectivity index (χ0) is 24.4. The van der Waals surface area contributed by atoms with Crippen molar-refractivity contribution in [3.8, 4) is 0 Å². The number of piperidine rings is 1. The standard InChI is InChI=1S/C23H27F3N2O4S/c1-15(2)17-5-9-20(10-6-17)33(31,32)28-12-11-19(29)13-21(28)22(30)27-14-16-3-7-18(8-4-16)23(24,25)26/h3-10,15,19,21,29H,11-14H2,1-2H3,(H,27,30)/t19-,21-/m1/s1. The van der Waals surface area contributed by atoms with Gasteiger partial charge in [0.2, 0.25) is 15.9 Å². The van der Waals surface area contributed by atoms with E-state index in [-0.39, 0.29) is 36.7 Å². The molecule has 0 unspecified atom stereocenters. The number of sulfonamides is 1. The van der Waals surface area contributed by atoms with Gasteiger partial charge in [0.15, 0.2) is 0 Å². The number of alkyl halides is 3. The molecule has 0 bridgehead atoms. The quantitative estimate of drug-likeness (QED) is 0.655. The highest BCUT2D eigenvalue weighted by atomic mass is 32.2. The normalized spacial score (nSPS) is 20.1. The Morgan fingerprint density at radius 2 is 1.73 bits per heavy atom. The van der Waals surface area contributed by atoms with E-state index in [2.05, 4.69) is 5.32 Å². The monoisotopic (exact) mass is 484 g/mol. The van der Waals surface area contributed by atoms with Gasteiger partial charge in [-0.1, -0.05) is 38.1 Å². The van der Waals surface area contributed by atoms with Crippen LogP contribution in [0.25, 0.3) is 0 Å². The molecular formula is C23H27F3N2O4S. The number of amides is 1. The van der Waals surface area contributed by atoms with E-state index in [1.54, 1.807) is 12.1 Å². The zero-order valence-electron chi connectivity index (χ0n) is 18.3. The van der Waals surface area contributed by atoms with Gasteiger partial charge < -0.3 is 10.4 Å². The summed E-state index contributed by atoms with van der Waals surface area (Å²) in [6.45, 7) is 3.90. The zero-order valence-corrected chi connectivity index (χ0v) is 19.2. The molecule has 2 aromatic rings. The van der Waals surface area contributed by atoms with Gasteiger partial charge in [-0.25, -0.2) is 8.42 Å². The van der Waals surface area contributed by atoms with Crippen LogP contribution in [0.15, 0.2) is 53.4 Å². The second-order valence-electron chi connectivity index (χ2n) is 8.45. The number of hydrogen-bond donors (Lipinski definition) is 2. The van der Waals surface area contributed by atoms with Gasteiger partial charge in [0, 0.05) is 13.1 Å².